The second-order valence-electron chi connectivity index (χ2n) is 3.19. The lowest BCUT2D eigenvalue weighted by atomic mass is 10.00. The summed E-state index contributed by atoms with van der Waals surface area (Å²) in [6, 6.07) is 0. The average Bonchev–Trinajstić information content (AvgIpc) is 2.08. The molecule has 0 aromatic heterocycles. The molecule has 0 radical (unpaired) electrons. The highest BCUT2D eigenvalue weighted by molar-refractivity contribution is 8.27. The van der Waals surface area contributed by atoms with Crippen LogP contribution in [0.15, 0.2) is 0 Å². The average molecular weight is 256 g/mol. The fraction of sp³-hybridized carbons (Fsp3) is 0.875. The van der Waals surface area contributed by atoms with Crippen LogP contribution in [0.4, 0.5) is 0 Å². The molecule has 90 valence electrons. The SMILES string of the molecule is CCC(CCCCOS(=O)(O)=S)C(=O)O. The molecule has 2 unspecified atom stereocenters. The van der Waals surface area contributed by atoms with Crippen molar-refractivity contribution in [2.24, 2.45) is 5.92 Å². The summed E-state index contributed by atoms with van der Waals surface area (Å²) in [5, 5.41) is 8.73. The molecular formula is C8H16O5S2. The van der Waals surface area contributed by atoms with Crippen LogP contribution in [0.5, 0.6) is 0 Å². The van der Waals surface area contributed by atoms with Gasteiger partial charge in [-0.1, -0.05) is 13.3 Å². The molecule has 0 aromatic carbocycles. The number of aliphatic carboxylic acids is 1. The minimum absolute atomic E-state index is 0.0921. The van der Waals surface area contributed by atoms with Crippen molar-refractivity contribution < 1.29 is 22.8 Å². The fourth-order valence-electron chi connectivity index (χ4n) is 1.16. The van der Waals surface area contributed by atoms with E-state index in [4.69, 9.17) is 9.66 Å². The Balaban J connectivity index is 3.58. The van der Waals surface area contributed by atoms with E-state index in [2.05, 4.69) is 15.4 Å². The van der Waals surface area contributed by atoms with Gasteiger partial charge in [-0.15, -0.1) is 0 Å². The first kappa shape index (κ1) is 14.8. The molecule has 0 aromatic rings. The molecule has 0 aliphatic rings. The van der Waals surface area contributed by atoms with Crippen LogP contribution in [0.25, 0.3) is 0 Å². The van der Waals surface area contributed by atoms with Crippen molar-refractivity contribution in [3.05, 3.63) is 0 Å². The van der Waals surface area contributed by atoms with E-state index in [-0.39, 0.29) is 12.5 Å². The monoisotopic (exact) mass is 256 g/mol. The Bertz CT molecular complexity index is 285. The highest BCUT2D eigenvalue weighted by Crippen LogP contribution is 2.12. The molecule has 0 aliphatic carbocycles. The fourth-order valence-corrected chi connectivity index (χ4v) is 1.69. The molecule has 15 heavy (non-hydrogen) atoms. The third-order valence-corrected chi connectivity index (χ3v) is 2.77. The molecule has 0 spiro atoms. The van der Waals surface area contributed by atoms with Crippen LogP contribution in [0.2, 0.25) is 0 Å². The summed E-state index contributed by atoms with van der Waals surface area (Å²) >= 11 is 4.12. The summed E-state index contributed by atoms with van der Waals surface area (Å²) in [4.78, 5) is 10.6. The van der Waals surface area contributed by atoms with E-state index in [1.165, 1.54) is 0 Å². The third-order valence-electron chi connectivity index (χ3n) is 2.02. The maximum Gasteiger partial charge on any atom is 0.306 e. The highest BCUT2D eigenvalue weighted by atomic mass is 32.9. The number of carbonyl (C=O) groups is 1. The number of hydrogen-bond acceptors (Lipinski definition) is 4. The molecule has 2 N–H and O–H groups in total. The Morgan fingerprint density at radius 2 is 2.13 bits per heavy atom. The molecule has 0 aliphatic heterocycles. The molecule has 0 rings (SSSR count). The quantitative estimate of drug-likeness (QED) is 0.639. The lowest BCUT2D eigenvalue weighted by Crippen LogP contribution is -2.12. The Kier molecular flexibility index (Phi) is 6.99. The zero-order valence-corrected chi connectivity index (χ0v) is 10.2. The van der Waals surface area contributed by atoms with Crippen LogP contribution in [0.1, 0.15) is 32.6 Å². The number of rotatable bonds is 8. The van der Waals surface area contributed by atoms with E-state index in [0.717, 1.165) is 0 Å². The zero-order chi connectivity index (χ0) is 11.9. The summed E-state index contributed by atoms with van der Waals surface area (Å²) in [6.45, 7) is 1.91. The van der Waals surface area contributed by atoms with Gasteiger partial charge in [0.2, 0.25) is 0 Å². The van der Waals surface area contributed by atoms with Crippen molar-refractivity contribution in [3.8, 4) is 0 Å². The van der Waals surface area contributed by atoms with Gasteiger partial charge in [0.25, 0.3) is 9.05 Å². The van der Waals surface area contributed by atoms with Crippen molar-refractivity contribution >= 4 is 26.2 Å². The van der Waals surface area contributed by atoms with Crippen LogP contribution in [-0.2, 0) is 29.2 Å². The van der Waals surface area contributed by atoms with Gasteiger partial charge in [0, 0.05) is 11.2 Å². The lowest BCUT2D eigenvalue weighted by molar-refractivity contribution is -0.142. The topological polar surface area (TPSA) is 83.8 Å². The van der Waals surface area contributed by atoms with Crippen LogP contribution < -0.4 is 0 Å². The molecule has 0 saturated carbocycles. The van der Waals surface area contributed by atoms with Gasteiger partial charge in [-0.2, -0.15) is 4.21 Å². The van der Waals surface area contributed by atoms with Crippen molar-refractivity contribution in [1.29, 1.82) is 0 Å². The molecule has 0 fully saturated rings. The van der Waals surface area contributed by atoms with Gasteiger partial charge in [0.15, 0.2) is 0 Å². The van der Waals surface area contributed by atoms with Gasteiger partial charge in [0.05, 0.1) is 12.5 Å². The highest BCUT2D eigenvalue weighted by Gasteiger charge is 2.13. The predicted molar refractivity (Wildman–Crippen MR) is 59.4 cm³/mol. The molecular weight excluding hydrogens is 240 g/mol. The minimum Gasteiger partial charge on any atom is -0.481 e. The van der Waals surface area contributed by atoms with Crippen molar-refractivity contribution in [3.63, 3.8) is 0 Å². The van der Waals surface area contributed by atoms with Gasteiger partial charge in [-0.25, -0.2) is 0 Å². The smallest absolute Gasteiger partial charge is 0.306 e. The standard InChI is InChI=1S/C8H16O5S2/c1-2-7(8(9)10)5-3-4-6-13-15(11,12)14/h7H,2-6H2,1H3,(H,9,10)(H,11,12,14). The lowest BCUT2D eigenvalue weighted by Gasteiger charge is -2.08. The van der Waals surface area contributed by atoms with Crippen LogP contribution in [0, 0.1) is 5.92 Å². The third kappa shape index (κ3) is 8.73. The van der Waals surface area contributed by atoms with Crippen LogP contribution in [-0.4, -0.2) is 26.4 Å². The van der Waals surface area contributed by atoms with Crippen molar-refractivity contribution in [2.45, 2.75) is 32.6 Å². The summed E-state index contributed by atoms with van der Waals surface area (Å²) in [7, 11) is -3.53. The first-order valence-electron chi connectivity index (χ1n) is 4.71. The number of hydrogen-bond donors (Lipinski definition) is 2. The largest absolute Gasteiger partial charge is 0.481 e. The maximum absolute atomic E-state index is 10.6. The van der Waals surface area contributed by atoms with Gasteiger partial charge in [0.1, 0.15) is 0 Å². The predicted octanol–water partition coefficient (Wildman–Crippen LogP) is 1.42. The molecule has 0 amide bonds. The molecule has 5 nitrogen and oxygen atoms in total. The number of carboxylic acids is 1. The Hall–Kier alpha value is -0.240. The number of carboxylic acid groups (broad SMARTS) is 1. The Morgan fingerprint density at radius 1 is 1.53 bits per heavy atom. The molecule has 2 atom stereocenters. The first-order chi connectivity index (χ1) is 6.87. The number of unbranched alkanes of at least 4 members (excludes halogenated alkanes) is 1. The first-order valence-corrected chi connectivity index (χ1v) is 7.08. The summed E-state index contributed by atoms with van der Waals surface area (Å²) < 4.78 is 23.5. The van der Waals surface area contributed by atoms with E-state index in [0.29, 0.717) is 25.7 Å². The van der Waals surface area contributed by atoms with Crippen LogP contribution in [0.3, 0.4) is 0 Å². The van der Waals surface area contributed by atoms with E-state index in [1.54, 1.807) is 0 Å². The van der Waals surface area contributed by atoms with Crippen LogP contribution >= 0.6 is 0 Å². The van der Waals surface area contributed by atoms with Gasteiger partial charge >= 0.3 is 5.97 Å². The normalized spacial score (nSPS) is 16.9. The van der Waals surface area contributed by atoms with Crippen molar-refractivity contribution in [1.82, 2.24) is 0 Å². The summed E-state index contributed by atoms with van der Waals surface area (Å²) in [5.74, 6) is -1.14. The van der Waals surface area contributed by atoms with Crippen molar-refractivity contribution in [2.75, 3.05) is 6.61 Å². The van der Waals surface area contributed by atoms with Gasteiger partial charge in [-0.3, -0.25) is 13.5 Å². The van der Waals surface area contributed by atoms with E-state index < -0.39 is 15.0 Å². The second-order valence-corrected chi connectivity index (χ2v) is 5.54. The van der Waals surface area contributed by atoms with Gasteiger partial charge in [-0.05, 0) is 19.3 Å². The molecule has 0 saturated heterocycles. The Labute approximate surface area is 94.5 Å². The second kappa shape index (κ2) is 7.10. The Morgan fingerprint density at radius 3 is 2.53 bits per heavy atom. The van der Waals surface area contributed by atoms with Gasteiger partial charge < -0.3 is 5.11 Å². The molecule has 7 heteroatoms. The van der Waals surface area contributed by atoms with E-state index in [1.807, 2.05) is 6.92 Å². The zero-order valence-electron chi connectivity index (χ0n) is 8.55. The summed E-state index contributed by atoms with van der Waals surface area (Å²) in [6.07, 6.45) is 2.33. The maximum atomic E-state index is 10.6. The van der Waals surface area contributed by atoms with E-state index in [9.17, 15) is 9.00 Å². The minimum atomic E-state index is -3.53. The molecule has 0 heterocycles. The summed E-state index contributed by atoms with van der Waals surface area (Å²) in [5.41, 5.74) is 0. The molecule has 0 bridgehead atoms. The van der Waals surface area contributed by atoms with E-state index >= 15 is 0 Å².